The largest absolute Gasteiger partial charge is 0.462 e. The highest BCUT2D eigenvalue weighted by molar-refractivity contribution is 7.21. The summed E-state index contributed by atoms with van der Waals surface area (Å²) in [5, 5.41) is 25.5. The van der Waals surface area contributed by atoms with Crippen molar-refractivity contribution in [2.24, 2.45) is 0 Å². The molecule has 0 fully saturated rings. The number of hydrogen-bond donors (Lipinski definition) is 0. The molecule has 13 nitrogen and oxygen atoms in total. The number of halogens is 1. The second-order valence-electron chi connectivity index (χ2n) is 5.84. The van der Waals surface area contributed by atoms with Gasteiger partial charge in [0.1, 0.15) is 20.4 Å². The van der Waals surface area contributed by atoms with Crippen molar-refractivity contribution in [3.05, 3.63) is 55.3 Å². The number of hydrogen-bond acceptors (Lipinski definition) is 13. The van der Waals surface area contributed by atoms with Crippen LogP contribution in [0.1, 0.15) is 17.3 Å². The Morgan fingerprint density at radius 2 is 2.09 bits per heavy atom. The van der Waals surface area contributed by atoms with E-state index in [0.29, 0.717) is 16.7 Å². The van der Waals surface area contributed by atoms with Crippen molar-refractivity contribution in [2.45, 2.75) is 6.92 Å². The Labute approximate surface area is 190 Å². The maximum atomic E-state index is 12.6. The average Bonchev–Trinajstić information content (AvgIpc) is 3.47. The lowest BCUT2D eigenvalue weighted by molar-refractivity contribution is -0.380. The molecule has 0 aliphatic rings. The number of anilines is 3. The molecule has 0 N–H and O–H groups in total. The van der Waals surface area contributed by atoms with Crippen LogP contribution in [0.25, 0.3) is 10.2 Å². The Bertz CT molecular complexity index is 1350. The Hall–Kier alpha value is -3.69. The van der Waals surface area contributed by atoms with E-state index >= 15 is 0 Å². The lowest BCUT2D eigenvalue weighted by atomic mass is 10.3. The number of carbonyl (C=O) groups excluding carboxylic acids is 1. The number of aromatic nitrogens is 3. The van der Waals surface area contributed by atoms with Crippen molar-refractivity contribution in [3.8, 4) is 0 Å². The molecule has 0 aliphatic heterocycles. The van der Waals surface area contributed by atoms with Gasteiger partial charge in [-0.15, -0.1) is 0 Å². The van der Waals surface area contributed by atoms with Crippen LogP contribution in [-0.2, 0) is 4.74 Å². The number of fused-ring (bicyclic) bond motifs is 1. The highest BCUT2D eigenvalue weighted by atomic mass is 35.5. The van der Waals surface area contributed by atoms with Gasteiger partial charge in [-0.1, -0.05) is 16.8 Å². The SMILES string of the molecule is CCOC(=O)c1c(N(c2ncc3cc([N+](=O)[O-])sc3n2)c2ccno2)sc([N+](=O)[O-])c1Cl. The predicted molar refractivity (Wildman–Crippen MR) is 114 cm³/mol. The van der Waals surface area contributed by atoms with Gasteiger partial charge in [0.15, 0.2) is 0 Å². The smallest absolute Gasteiger partial charge is 0.345 e. The Balaban J connectivity index is 1.95. The number of esters is 1. The highest BCUT2D eigenvalue weighted by Crippen LogP contribution is 2.49. The quantitative estimate of drug-likeness (QED) is 0.194. The van der Waals surface area contributed by atoms with Gasteiger partial charge in [-0.05, 0) is 29.6 Å². The zero-order valence-electron chi connectivity index (χ0n) is 15.8. The standard InChI is InChI=1S/C16H9ClN6O7S2/c1-2-29-15(24)10-11(17)14(23(27)28)32-13(10)21(8-3-4-19-30-8)16-18-6-7-5-9(22(25)26)31-12(7)20-16/h3-6H,2H2,1H3. The lowest BCUT2D eigenvalue weighted by Crippen LogP contribution is -2.15. The molecule has 0 atom stereocenters. The van der Waals surface area contributed by atoms with Crippen LogP contribution >= 0.6 is 34.3 Å². The van der Waals surface area contributed by atoms with Crippen LogP contribution < -0.4 is 4.90 Å². The minimum absolute atomic E-state index is 0.00186. The first-order valence-corrected chi connectivity index (χ1v) is 10.6. The molecular weight excluding hydrogens is 488 g/mol. The molecule has 32 heavy (non-hydrogen) atoms. The molecule has 4 heterocycles. The van der Waals surface area contributed by atoms with Crippen LogP contribution in [0.5, 0.6) is 0 Å². The van der Waals surface area contributed by atoms with Crippen LogP contribution in [0, 0.1) is 20.2 Å². The van der Waals surface area contributed by atoms with Gasteiger partial charge in [-0.2, -0.15) is 0 Å². The molecular formula is C16H9ClN6O7S2. The van der Waals surface area contributed by atoms with Crippen molar-refractivity contribution in [1.82, 2.24) is 15.1 Å². The maximum absolute atomic E-state index is 12.6. The van der Waals surface area contributed by atoms with Gasteiger partial charge in [0.2, 0.25) is 11.8 Å². The molecule has 0 unspecified atom stereocenters. The fourth-order valence-electron chi connectivity index (χ4n) is 2.66. The molecule has 0 aromatic carbocycles. The van der Waals surface area contributed by atoms with Crippen LogP contribution in [0.3, 0.4) is 0 Å². The van der Waals surface area contributed by atoms with Crippen molar-refractivity contribution < 1.29 is 23.9 Å². The van der Waals surface area contributed by atoms with E-state index in [0.717, 1.165) is 11.3 Å². The summed E-state index contributed by atoms with van der Waals surface area (Å²) in [5.74, 6) is -0.952. The fourth-order valence-corrected chi connectivity index (χ4v) is 4.89. The molecule has 4 aromatic rings. The highest BCUT2D eigenvalue weighted by Gasteiger charge is 2.36. The van der Waals surface area contributed by atoms with Crippen LogP contribution in [0.15, 0.2) is 29.0 Å². The van der Waals surface area contributed by atoms with Gasteiger partial charge < -0.3 is 9.26 Å². The first kappa shape index (κ1) is 21.5. The topological polar surface area (TPSA) is 168 Å². The van der Waals surface area contributed by atoms with E-state index in [1.54, 1.807) is 6.92 Å². The van der Waals surface area contributed by atoms with E-state index in [1.807, 2.05) is 0 Å². The molecule has 0 aliphatic carbocycles. The molecule has 0 saturated carbocycles. The molecule has 4 aromatic heterocycles. The molecule has 4 rings (SSSR count). The van der Waals surface area contributed by atoms with Crippen molar-refractivity contribution >= 4 is 77.3 Å². The summed E-state index contributed by atoms with van der Waals surface area (Å²) in [6.07, 6.45) is 2.66. The van der Waals surface area contributed by atoms with Gasteiger partial charge in [-0.3, -0.25) is 20.2 Å². The first-order chi connectivity index (χ1) is 15.3. The zero-order valence-corrected chi connectivity index (χ0v) is 18.1. The van der Waals surface area contributed by atoms with Gasteiger partial charge in [0.05, 0.1) is 22.7 Å². The monoisotopic (exact) mass is 496 g/mol. The minimum Gasteiger partial charge on any atom is -0.462 e. The van der Waals surface area contributed by atoms with E-state index < -0.39 is 25.8 Å². The third-order valence-electron chi connectivity index (χ3n) is 3.94. The second kappa shape index (κ2) is 8.45. The lowest BCUT2D eigenvalue weighted by Gasteiger charge is -2.18. The molecule has 0 radical (unpaired) electrons. The minimum atomic E-state index is -0.894. The third kappa shape index (κ3) is 3.72. The molecule has 0 saturated heterocycles. The molecule has 16 heteroatoms. The van der Waals surface area contributed by atoms with E-state index in [2.05, 4.69) is 15.1 Å². The summed E-state index contributed by atoms with van der Waals surface area (Å²) >= 11 is 7.56. The number of carbonyl (C=O) groups is 1. The van der Waals surface area contributed by atoms with Crippen LogP contribution in [0.4, 0.5) is 26.8 Å². The molecule has 164 valence electrons. The molecule has 0 bridgehead atoms. The molecule has 0 amide bonds. The van der Waals surface area contributed by atoms with Crippen molar-refractivity contribution in [1.29, 1.82) is 0 Å². The number of rotatable bonds is 7. The fraction of sp³-hybridized carbons (Fsp3) is 0.125. The second-order valence-corrected chi connectivity index (χ2v) is 8.20. The molecule has 0 spiro atoms. The Kier molecular flexibility index (Phi) is 5.68. The summed E-state index contributed by atoms with van der Waals surface area (Å²) in [5.41, 5.74) is -0.275. The van der Waals surface area contributed by atoms with E-state index in [-0.39, 0.29) is 38.8 Å². The van der Waals surface area contributed by atoms with E-state index in [9.17, 15) is 25.0 Å². The third-order valence-corrected chi connectivity index (χ3v) is 6.54. The van der Waals surface area contributed by atoms with E-state index in [1.165, 1.54) is 29.4 Å². The number of ether oxygens (including phenoxy) is 1. The van der Waals surface area contributed by atoms with Gasteiger partial charge in [-0.25, -0.2) is 19.7 Å². The summed E-state index contributed by atoms with van der Waals surface area (Å²) in [4.78, 5) is 43.9. The van der Waals surface area contributed by atoms with Crippen LogP contribution in [0.2, 0.25) is 5.02 Å². The summed E-state index contributed by atoms with van der Waals surface area (Å²) in [6.45, 7) is 1.57. The Morgan fingerprint density at radius 1 is 1.31 bits per heavy atom. The summed E-state index contributed by atoms with van der Waals surface area (Å²) in [6, 6.07) is 2.73. The zero-order chi connectivity index (χ0) is 23.0. The van der Waals surface area contributed by atoms with Gasteiger partial charge in [0.25, 0.3) is 0 Å². The van der Waals surface area contributed by atoms with Gasteiger partial charge >= 0.3 is 16.0 Å². The van der Waals surface area contributed by atoms with Gasteiger partial charge in [0, 0.05) is 23.7 Å². The van der Waals surface area contributed by atoms with Crippen molar-refractivity contribution in [3.63, 3.8) is 0 Å². The van der Waals surface area contributed by atoms with Crippen molar-refractivity contribution in [2.75, 3.05) is 11.5 Å². The predicted octanol–water partition coefficient (Wildman–Crippen LogP) is 4.86. The number of thiophene rings is 2. The summed E-state index contributed by atoms with van der Waals surface area (Å²) in [7, 11) is 0. The average molecular weight is 497 g/mol. The van der Waals surface area contributed by atoms with Crippen LogP contribution in [-0.4, -0.2) is 37.5 Å². The number of nitrogens with zero attached hydrogens (tertiary/aromatic N) is 6. The first-order valence-electron chi connectivity index (χ1n) is 8.57. The normalized spacial score (nSPS) is 10.9. The number of nitro groups is 2. The Morgan fingerprint density at radius 3 is 2.72 bits per heavy atom. The van der Waals surface area contributed by atoms with E-state index in [4.69, 9.17) is 20.9 Å². The summed E-state index contributed by atoms with van der Waals surface area (Å²) < 4.78 is 10.2. The maximum Gasteiger partial charge on any atom is 0.345 e.